The number of carbonyl (C=O) groups is 2. The van der Waals surface area contributed by atoms with E-state index in [1.54, 1.807) is 6.07 Å². The number of rotatable bonds is 4. The van der Waals surface area contributed by atoms with Crippen LogP contribution in [0.25, 0.3) is 5.76 Å². The first kappa shape index (κ1) is 22.5. The van der Waals surface area contributed by atoms with Crippen molar-refractivity contribution in [3.8, 4) is 11.5 Å². The number of hydrogen-bond acceptors (Lipinski definition) is 5. The number of phenols is 1. The van der Waals surface area contributed by atoms with Gasteiger partial charge in [-0.15, -0.1) is 0 Å². The second-order valence-corrected chi connectivity index (χ2v) is 8.06. The van der Waals surface area contributed by atoms with Crippen molar-refractivity contribution in [3.63, 3.8) is 0 Å². The van der Waals surface area contributed by atoms with Gasteiger partial charge in [0.05, 0.1) is 28.9 Å². The normalized spacial score (nSPS) is 17.5. The SMILES string of the molecule is COc1ccc(/C(O)=C2\C(=O)C(=O)N(c3cc(F)ccc3F)C2c2cccc(O)c2)cc1Br. The standard InChI is InChI=1S/C24H16BrF2NO5/c1-33-19-8-5-13(10-16(19)25)22(30)20-21(12-3-2-4-15(29)9-12)28(24(32)23(20)31)18-11-14(26)6-7-17(18)27/h2-11,21,29-30H,1H3/b22-20+. The Labute approximate surface area is 195 Å². The molecule has 2 N–H and O–H groups in total. The molecule has 1 aliphatic rings. The smallest absolute Gasteiger partial charge is 0.300 e. The van der Waals surface area contributed by atoms with E-state index >= 15 is 0 Å². The molecule has 1 heterocycles. The summed E-state index contributed by atoms with van der Waals surface area (Å²) >= 11 is 3.30. The summed E-state index contributed by atoms with van der Waals surface area (Å²) in [5, 5.41) is 21.0. The predicted octanol–water partition coefficient (Wildman–Crippen LogP) is 5.07. The molecule has 0 spiro atoms. The fourth-order valence-corrected chi connectivity index (χ4v) is 4.27. The van der Waals surface area contributed by atoms with Crippen molar-refractivity contribution in [2.45, 2.75) is 6.04 Å². The minimum absolute atomic E-state index is 0.176. The lowest BCUT2D eigenvalue weighted by Gasteiger charge is -2.26. The van der Waals surface area contributed by atoms with Crippen molar-refractivity contribution >= 4 is 39.1 Å². The van der Waals surface area contributed by atoms with Crippen LogP contribution in [0.3, 0.4) is 0 Å². The number of phenolic OH excluding ortho intramolecular Hbond substituents is 1. The van der Waals surface area contributed by atoms with Crippen molar-refractivity contribution in [1.82, 2.24) is 0 Å². The van der Waals surface area contributed by atoms with Crippen molar-refractivity contribution in [2.75, 3.05) is 12.0 Å². The molecule has 33 heavy (non-hydrogen) atoms. The van der Waals surface area contributed by atoms with Crippen LogP contribution in [0.4, 0.5) is 14.5 Å². The van der Waals surface area contributed by atoms with E-state index in [-0.39, 0.29) is 22.4 Å². The summed E-state index contributed by atoms with van der Waals surface area (Å²) in [4.78, 5) is 26.8. The molecular weight excluding hydrogens is 500 g/mol. The average Bonchev–Trinajstić information content (AvgIpc) is 3.05. The van der Waals surface area contributed by atoms with Crippen LogP contribution in [0.1, 0.15) is 17.2 Å². The number of Topliss-reactive ketones (excluding diaryl/α,β-unsaturated/α-hetero) is 1. The minimum Gasteiger partial charge on any atom is -0.508 e. The molecule has 1 atom stereocenters. The van der Waals surface area contributed by atoms with Gasteiger partial charge in [0.2, 0.25) is 0 Å². The van der Waals surface area contributed by atoms with Crippen LogP contribution in [0.15, 0.2) is 70.7 Å². The number of anilines is 1. The van der Waals surface area contributed by atoms with Crippen LogP contribution < -0.4 is 9.64 Å². The van der Waals surface area contributed by atoms with E-state index in [4.69, 9.17) is 4.74 Å². The molecule has 3 aromatic carbocycles. The average molecular weight is 516 g/mol. The lowest BCUT2D eigenvalue weighted by Crippen LogP contribution is -2.30. The number of carbonyl (C=O) groups excluding carboxylic acids is 2. The Morgan fingerprint density at radius 3 is 2.48 bits per heavy atom. The number of halogens is 3. The predicted molar refractivity (Wildman–Crippen MR) is 120 cm³/mol. The zero-order valence-corrected chi connectivity index (χ0v) is 18.6. The third kappa shape index (κ3) is 3.95. The maximum absolute atomic E-state index is 14.7. The topological polar surface area (TPSA) is 87.1 Å². The largest absolute Gasteiger partial charge is 0.508 e. The summed E-state index contributed by atoms with van der Waals surface area (Å²) in [6.07, 6.45) is 0. The highest BCUT2D eigenvalue weighted by Crippen LogP contribution is 2.44. The number of hydrogen-bond donors (Lipinski definition) is 2. The third-order valence-corrected chi connectivity index (χ3v) is 5.84. The second-order valence-electron chi connectivity index (χ2n) is 7.21. The highest BCUT2D eigenvalue weighted by Gasteiger charge is 2.48. The molecule has 3 aromatic rings. The van der Waals surface area contributed by atoms with Gasteiger partial charge in [0.15, 0.2) is 0 Å². The summed E-state index contributed by atoms with van der Waals surface area (Å²) < 4.78 is 34.3. The Hall–Kier alpha value is -3.72. The molecule has 0 radical (unpaired) electrons. The van der Waals surface area contributed by atoms with Gasteiger partial charge in [0, 0.05) is 11.6 Å². The Morgan fingerprint density at radius 1 is 1.06 bits per heavy atom. The van der Waals surface area contributed by atoms with Gasteiger partial charge in [-0.25, -0.2) is 8.78 Å². The van der Waals surface area contributed by atoms with Crippen LogP contribution in [0, 0.1) is 11.6 Å². The summed E-state index contributed by atoms with van der Waals surface area (Å²) in [5.41, 5.74) is -0.413. The Bertz CT molecular complexity index is 1320. The Balaban J connectivity index is 1.98. The van der Waals surface area contributed by atoms with E-state index in [0.717, 1.165) is 23.1 Å². The Kier molecular flexibility index (Phi) is 5.90. The third-order valence-electron chi connectivity index (χ3n) is 5.22. The van der Waals surface area contributed by atoms with E-state index < -0.39 is 40.8 Å². The Morgan fingerprint density at radius 2 is 1.82 bits per heavy atom. The number of nitrogens with zero attached hydrogens (tertiary/aromatic N) is 1. The molecule has 1 amide bonds. The number of amides is 1. The van der Waals surface area contributed by atoms with Crippen molar-refractivity contribution in [1.29, 1.82) is 0 Å². The monoisotopic (exact) mass is 515 g/mol. The van der Waals surface area contributed by atoms with E-state index in [2.05, 4.69) is 15.9 Å². The number of benzene rings is 3. The molecule has 1 unspecified atom stereocenters. The maximum atomic E-state index is 14.7. The zero-order chi connectivity index (χ0) is 23.9. The van der Waals surface area contributed by atoms with Crippen molar-refractivity contribution in [3.05, 3.63) is 93.5 Å². The highest BCUT2D eigenvalue weighted by atomic mass is 79.9. The lowest BCUT2D eigenvalue weighted by molar-refractivity contribution is -0.132. The first-order chi connectivity index (χ1) is 15.7. The van der Waals surface area contributed by atoms with E-state index in [9.17, 15) is 28.6 Å². The minimum atomic E-state index is -1.32. The van der Waals surface area contributed by atoms with Crippen LogP contribution >= 0.6 is 15.9 Å². The molecule has 4 rings (SSSR count). The fourth-order valence-electron chi connectivity index (χ4n) is 3.73. The lowest BCUT2D eigenvalue weighted by atomic mass is 9.95. The van der Waals surface area contributed by atoms with Gasteiger partial charge in [0.1, 0.15) is 28.9 Å². The van der Waals surface area contributed by atoms with Gasteiger partial charge in [-0.1, -0.05) is 12.1 Å². The summed E-state index contributed by atoms with van der Waals surface area (Å²) in [7, 11) is 1.46. The molecular formula is C24H16BrF2NO5. The number of ether oxygens (including phenoxy) is 1. The maximum Gasteiger partial charge on any atom is 0.300 e. The summed E-state index contributed by atoms with van der Waals surface area (Å²) in [6, 6.07) is 11.3. The van der Waals surface area contributed by atoms with Crippen LogP contribution in [0.5, 0.6) is 11.5 Å². The van der Waals surface area contributed by atoms with Gasteiger partial charge in [-0.3, -0.25) is 14.5 Å². The molecule has 9 heteroatoms. The van der Waals surface area contributed by atoms with Gasteiger partial charge in [-0.05, 0) is 64.0 Å². The fraction of sp³-hybridized carbons (Fsp3) is 0.0833. The molecule has 0 bridgehead atoms. The van der Waals surface area contributed by atoms with Gasteiger partial charge >= 0.3 is 0 Å². The molecule has 0 aliphatic carbocycles. The molecule has 1 fully saturated rings. The molecule has 6 nitrogen and oxygen atoms in total. The summed E-state index contributed by atoms with van der Waals surface area (Å²) in [6.45, 7) is 0. The number of aromatic hydroxyl groups is 1. The molecule has 1 saturated heterocycles. The number of ketones is 1. The van der Waals surface area contributed by atoms with Gasteiger partial charge < -0.3 is 14.9 Å². The molecule has 1 aliphatic heterocycles. The van der Waals surface area contributed by atoms with Crippen LogP contribution in [-0.4, -0.2) is 29.0 Å². The molecule has 168 valence electrons. The van der Waals surface area contributed by atoms with Gasteiger partial charge in [0.25, 0.3) is 11.7 Å². The first-order valence-corrected chi connectivity index (χ1v) is 10.4. The number of aliphatic hydroxyl groups excluding tert-OH is 1. The van der Waals surface area contributed by atoms with Crippen molar-refractivity contribution < 1.29 is 33.3 Å². The van der Waals surface area contributed by atoms with Gasteiger partial charge in [-0.2, -0.15) is 0 Å². The van der Waals surface area contributed by atoms with Crippen molar-refractivity contribution in [2.24, 2.45) is 0 Å². The van der Waals surface area contributed by atoms with Crippen LogP contribution in [0.2, 0.25) is 0 Å². The van der Waals surface area contributed by atoms with E-state index in [0.29, 0.717) is 10.2 Å². The highest BCUT2D eigenvalue weighted by molar-refractivity contribution is 9.10. The number of aliphatic hydroxyl groups is 1. The van der Waals surface area contributed by atoms with E-state index in [1.165, 1.54) is 43.5 Å². The number of methoxy groups -OCH3 is 1. The van der Waals surface area contributed by atoms with Crippen LogP contribution in [-0.2, 0) is 9.59 Å². The van der Waals surface area contributed by atoms with E-state index in [1.807, 2.05) is 0 Å². The second kappa shape index (κ2) is 8.67. The summed E-state index contributed by atoms with van der Waals surface area (Å²) in [5.74, 6) is -4.22. The molecule has 0 aromatic heterocycles. The zero-order valence-electron chi connectivity index (χ0n) is 17.1. The molecule has 0 saturated carbocycles. The first-order valence-electron chi connectivity index (χ1n) is 9.61. The quantitative estimate of drug-likeness (QED) is 0.288.